The number of phenols is 2. The van der Waals surface area contributed by atoms with Crippen LogP contribution >= 0.6 is 0 Å². The number of benzene rings is 2. The molecule has 2 nitrogen and oxygen atoms in total. The molecule has 0 aromatic heterocycles. The van der Waals surface area contributed by atoms with Crippen LogP contribution in [0.2, 0.25) is 0 Å². The van der Waals surface area contributed by atoms with E-state index in [-0.39, 0.29) is 62.9 Å². The zero-order valence-electron chi connectivity index (χ0n) is 7.51. The molecule has 0 aliphatic heterocycles. The summed E-state index contributed by atoms with van der Waals surface area (Å²) in [6.45, 7) is 0. The van der Waals surface area contributed by atoms with Crippen molar-refractivity contribution < 1.29 is 10.2 Å². The molecule has 2 rings (SSSR count). The van der Waals surface area contributed by atoms with Crippen LogP contribution in [0.3, 0.4) is 0 Å². The normalized spacial score (nSPS) is 9.33. The van der Waals surface area contributed by atoms with Gasteiger partial charge in [0, 0.05) is 0 Å². The first kappa shape index (κ1) is 12.7. The van der Waals surface area contributed by atoms with E-state index >= 15 is 0 Å². The Morgan fingerprint density at radius 2 is 0.800 bits per heavy atom. The summed E-state index contributed by atoms with van der Waals surface area (Å²) in [6.07, 6.45) is 0. The molecular formula is C12H11KO2. The number of phenolic OH excluding ortho intramolecular Hbond substituents is 2. The van der Waals surface area contributed by atoms with Gasteiger partial charge in [-0.2, -0.15) is 0 Å². The Morgan fingerprint density at radius 1 is 0.533 bits per heavy atom. The third-order valence-electron chi connectivity index (χ3n) is 2.07. The minimum atomic E-state index is 0. The summed E-state index contributed by atoms with van der Waals surface area (Å²) in [7, 11) is 0. The average molecular weight is 226 g/mol. The van der Waals surface area contributed by atoms with Crippen LogP contribution in [0.1, 0.15) is 0 Å². The topological polar surface area (TPSA) is 40.5 Å². The number of rotatable bonds is 1. The van der Waals surface area contributed by atoms with Crippen molar-refractivity contribution in [2.24, 2.45) is 0 Å². The van der Waals surface area contributed by atoms with Crippen molar-refractivity contribution in [3.8, 4) is 22.6 Å². The average Bonchev–Trinajstić information content (AvgIpc) is 2.21. The van der Waals surface area contributed by atoms with Gasteiger partial charge in [0.25, 0.3) is 0 Å². The molecule has 0 bridgehead atoms. The molecule has 0 saturated heterocycles. The van der Waals surface area contributed by atoms with Crippen LogP contribution in [-0.2, 0) is 0 Å². The first-order valence-electron chi connectivity index (χ1n) is 4.34. The Hall–Kier alpha value is -0.324. The monoisotopic (exact) mass is 226 g/mol. The van der Waals surface area contributed by atoms with Gasteiger partial charge in [0.2, 0.25) is 0 Å². The summed E-state index contributed by atoms with van der Waals surface area (Å²) >= 11 is 0. The molecular weight excluding hydrogens is 215 g/mol. The molecule has 0 fully saturated rings. The van der Waals surface area contributed by atoms with Crippen LogP contribution < -0.4 is 0 Å². The predicted molar refractivity (Wildman–Crippen MR) is 62.4 cm³/mol. The third-order valence-corrected chi connectivity index (χ3v) is 2.07. The fourth-order valence-corrected chi connectivity index (χ4v) is 1.31. The molecule has 0 amide bonds. The van der Waals surface area contributed by atoms with Crippen molar-refractivity contribution in [2.45, 2.75) is 0 Å². The molecule has 3 heteroatoms. The summed E-state index contributed by atoms with van der Waals surface area (Å²) in [5, 5.41) is 18.2. The maximum absolute atomic E-state index is 9.11. The molecule has 2 N–H and O–H groups in total. The van der Waals surface area contributed by atoms with Gasteiger partial charge in [0.1, 0.15) is 11.5 Å². The van der Waals surface area contributed by atoms with Gasteiger partial charge in [0.15, 0.2) is 0 Å². The Balaban J connectivity index is 0.00000112. The van der Waals surface area contributed by atoms with Gasteiger partial charge in [-0.3, -0.25) is 0 Å². The van der Waals surface area contributed by atoms with Crippen molar-refractivity contribution in [1.82, 2.24) is 0 Å². The zero-order valence-corrected chi connectivity index (χ0v) is 7.51. The molecule has 0 spiro atoms. The number of aromatic hydroxyl groups is 2. The van der Waals surface area contributed by atoms with Crippen LogP contribution in [0.25, 0.3) is 11.1 Å². The van der Waals surface area contributed by atoms with Crippen LogP contribution in [-0.4, -0.2) is 61.6 Å². The third kappa shape index (κ3) is 3.33. The second-order valence-electron chi connectivity index (χ2n) is 3.09. The molecule has 0 unspecified atom stereocenters. The van der Waals surface area contributed by atoms with Crippen molar-refractivity contribution in [3.05, 3.63) is 48.5 Å². The molecule has 15 heavy (non-hydrogen) atoms. The number of hydrogen-bond donors (Lipinski definition) is 2. The standard InChI is InChI=1S/C12H10O2.K.H/c13-11-5-1-9(2-6-11)10-3-7-12(14)8-4-10;;/h1-8,13-14H;;. The quantitative estimate of drug-likeness (QED) is 0.731. The minimum absolute atomic E-state index is 0. The first-order valence-corrected chi connectivity index (χ1v) is 4.34. The van der Waals surface area contributed by atoms with E-state index in [0.29, 0.717) is 0 Å². The van der Waals surface area contributed by atoms with Crippen molar-refractivity contribution >= 4 is 51.4 Å². The van der Waals surface area contributed by atoms with Gasteiger partial charge in [-0.25, -0.2) is 0 Å². The Morgan fingerprint density at radius 3 is 1.07 bits per heavy atom. The molecule has 0 aliphatic rings. The fourth-order valence-electron chi connectivity index (χ4n) is 1.31. The van der Waals surface area contributed by atoms with Gasteiger partial charge in [-0.15, -0.1) is 0 Å². The summed E-state index contributed by atoms with van der Waals surface area (Å²) < 4.78 is 0. The van der Waals surface area contributed by atoms with E-state index < -0.39 is 0 Å². The molecule has 0 atom stereocenters. The second-order valence-corrected chi connectivity index (χ2v) is 3.09. The van der Waals surface area contributed by atoms with E-state index in [1.54, 1.807) is 24.3 Å². The van der Waals surface area contributed by atoms with Gasteiger partial charge in [-0.05, 0) is 35.4 Å². The van der Waals surface area contributed by atoms with E-state index in [2.05, 4.69) is 0 Å². The summed E-state index contributed by atoms with van der Waals surface area (Å²) in [5.41, 5.74) is 2.03. The molecule has 0 radical (unpaired) electrons. The molecule has 72 valence electrons. The summed E-state index contributed by atoms with van der Waals surface area (Å²) in [6, 6.07) is 13.9. The van der Waals surface area contributed by atoms with Crippen LogP contribution in [0.15, 0.2) is 48.5 Å². The zero-order chi connectivity index (χ0) is 9.97. The molecule has 0 heterocycles. The second kappa shape index (κ2) is 5.68. The maximum atomic E-state index is 9.11. The molecule has 0 saturated carbocycles. The predicted octanol–water partition coefficient (Wildman–Crippen LogP) is 2.12. The van der Waals surface area contributed by atoms with Crippen LogP contribution in [0, 0.1) is 0 Å². The molecule has 2 aromatic rings. The summed E-state index contributed by atoms with van der Waals surface area (Å²) in [4.78, 5) is 0. The summed E-state index contributed by atoms with van der Waals surface area (Å²) in [5.74, 6) is 0.514. The fraction of sp³-hybridized carbons (Fsp3) is 0. The molecule has 2 aromatic carbocycles. The Bertz CT molecular complexity index is 377. The Labute approximate surface area is 131 Å². The van der Waals surface area contributed by atoms with E-state index in [1.165, 1.54) is 0 Å². The van der Waals surface area contributed by atoms with Gasteiger partial charge < -0.3 is 10.2 Å². The van der Waals surface area contributed by atoms with Crippen LogP contribution in [0.4, 0.5) is 0 Å². The molecule has 0 aliphatic carbocycles. The van der Waals surface area contributed by atoms with E-state index in [0.717, 1.165) is 11.1 Å². The van der Waals surface area contributed by atoms with E-state index in [4.69, 9.17) is 10.2 Å². The van der Waals surface area contributed by atoms with E-state index in [9.17, 15) is 0 Å². The van der Waals surface area contributed by atoms with Crippen molar-refractivity contribution in [1.29, 1.82) is 0 Å². The SMILES string of the molecule is Oc1ccc(-c2ccc(O)cc2)cc1.[KH]. The van der Waals surface area contributed by atoms with Crippen molar-refractivity contribution in [3.63, 3.8) is 0 Å². The van der Waals surface area contributed by atoms with Gasteiger partial charge in [0.05, 0.1) is 0 Å². The first-order chi connectivity index (χ1) is 6.75. The van der Waals surface area contributed by atoms with Gasteiger partial charge >= 0.3 is 51.4 Å². The van der Waals surface area contributed by atoms with Gasteiger partial charge in [-0.1, -0.05) is 24.3 Å². The Kier molecular flexibility index (Phi) is 4.82. The van der Waals surface area contributed by atoms with E-state index in [1.807, 2.05) is 24.3 Å². The number of hydrogen-bond acceptors (Lipinski definition) is 2. The van der Waals surface area contributed by atoms with Crippen LogP contribution in [0.5, 0.6) is 11.5 Å². The van der Waals surface area contributed by atoms with Crippen molar-refractivity contribution in [2.75, 3.05) is 0 Å².